The Bertz CT molecular complexity index is 516. The Balaban J connectivity index is 4.64. The van der Waals surface area contributed by atoms with Crippen molar-refractivity contribution in [1.82, 2.24) is 10.6 Å². The number of halogens is 3. The van der Waals surface area contributed by atoms with Gasteiger partial charge in [0.2, 0.25) is 11.8 Å². The fourth-order valence-corrected chi connectivity index (χ4v) is 2.54. The first-order valence-corrected chi connectivity index (χ1v) is 7.18. The average Bonchev–Trinajstić information content (AvgIpc) is 2.22. The Morgan fingerprint density at radius 2 is 1.76 bits per heavy atom. The van der Waals surface area contributed by atoms with Crippen LogP contribution in [0, 0.1) is 0 Å². The maximum absolute atomic E-state index is 11.8. The minimum Gasteiger partial charge on any atom is -0.480 e. The third-order valence-electron chi connectivity index (χ3n) is 1.93. The van der Waals surface area contributed by atoms with E-state index < -0.39 is 57.9 Å². The van der Waals surface area contributed by atoms with Gasteiger partial charge in [-0.1, -0.05) is 0 Å². The molecule has 3 N–H and O–H groups in total. The van der Waals surface area contributed by atoms with Crippen LogP contribution in [-0.4, -0.2) is 61.6 Å². The number of hydrogen-bond acceptors (Lipinski definition) is 5. The van der Waals surface area contributed by atoms with E-state index in [2.05, 4.69) is 0 Å². The van der Waals surface area contributed by atoms with E-state index in [1.807, 2.05) is 5.32 Å². The molecule has 0 aromatic heterocycles. The smallest absolute Gasteiger partial charge is 0.405 e. The lowest BCUT2D eigenvalue weighted by atomic mass is 10.3. The molecule has 0 unspecified atom stereocenters. The maximum Gasteiger partial charge on any atom is 0.405 e. The summed E-state index contributed by atoms with van der Waals surface area (Å²) >= 11 is 0. The number of aliphatic carboxylic acids is 1. The first kappa shape index (κ1) is 19.1. The van der Waals surface area contributed by atoms with Gasteiger partial charge in [-0.05, 0) is 0 Å². The molecule has 0 saturated heterocycles. The highest BCUT2D eigenvalue weighted by atomic mass is 32.2. The highest BCUT2D eigenvalue weighted by Crippen LogP contribution is 2.12. The second kappa shape index (κ2) is 7.24. The average molecular weight is 334 g/mol. The molecule has 0 bridgehead atoms. The van der Waals surface area contributed by atoms with Gasteiger partial charge in [-0.25, -0.2) is 13.2 Å². The largest absolute Gasteiger partial charge is 0.480 e. The first-order chi connectivity index (χ1) is 9.32. The molecule has 0 saturated carbocycles. The van der Waals surface area contributed by atoms with Crippen LogP contribution >= 0.6 is 0 Å². The molecular weight excluding hydrogens is 321 g/mol. The van der Waals surface area contributed by atoms with Crippen molar-refractivity contribution in [2.45, 2.75) is 19.1 Å². The summed E-state index contributed by atoms with van der Waals surface area (Å²) in [5.41, 5.74) is 0. The van der Waals surface area contributed by atoms with Gasteiger partial charge in [-0.15, -0.1) is 0 Å². The van der Waals surface area contributed by atoms with Gasteiger partial charge in [-0.3, -0.25) is 9.59 Å². The van der Waals surface area contributed by atoms with Crippen LogP contribution in [0.15, 0.2) is 0 Å². The van der Waals surface area contributed by atoms with Crippen molar-refractivity contribution in [2.24, 2.45) is 0 Å². The number of alkyl halides is 3. The van der Waals surface area contributed by atoms with Gasteiger partial charge in [0.15, 0.2) is 9.84 Å². The zero-order valence-electron chi connectivity index (χ0n) is 10.7. The quantitative estimate of drug-likeness (QED) is 0.529. The molecule has 0 aromatic carbocycles. The van der Waals surface area contributed by atoms with Crippen LogP contribution < -0.4 is 10.6 Å². The summed E-state index contributed by atoms with van der Waals surface area (Å²) in [5.74, 6) is -6.30. The van der Waals surface area contributed by atoms with Gasteiger partial charge < -0.3 is 15.7 Å². The summed E-state index contributed by atoms with van der Waals surface area (Å²) in [6.07, 6.45) is -4.70. The number of nitrogens with one attached hydrogen (secondary N) is 2. The van der Waals surface area contributed by atoms with E-state index in [0.717, 1.165) is 6.92 Å². The fourth-order valence-electron chi connectivity index (χ4n) is 1.18. The number of carboxylic acids is 1. The third kappa shape index (κ3) is 9.65. The zero-order chi connectivity index (χ0) is 16.8. The number of carbonyl (C=O) groups excluding carboxylic acids is 2. The molecule has 21 heavy (non-hydrogen) atoms. The minimum absolute atomic E-state index is 0.806. The van der Waals surface area contributed by atoms with E-state index in [0.29, 0.717) is 0 Å². The van der Waals surface area contributed by atoms with E-state index >= 15 is 0 Å². The van der Waals surface area contributed by atoms with Crippen LogP contribution in [0.5, 0.6) is 0 Å². The van der Waals surface area contributed by atoms with Crippen LogP contribution in [0.2, 0.25) is 0 Å². The molecule has 0 heterocycles. The molecule has 0 aliphatic rings. The Morgan fingerprint density at radius 3 is 2.14 bits per heavy atom. The van der Waals surface area contributed by atoms with Crippen molar-refractivity contribution in [3.05, 3.63) is 0 Å². The number of hydrogen-bond donors (Lipinski definition) is 3. The minimum atomic E-state index is -4.70. The maximum atomic E-state index is 11.8. The molecule has 12 heteroatoms. The number of sulfone groups is 1. The van der Waals surface area contributed by atoms with Crippen molar-refractivity contribution in [3.63, 3.8) is 0 Å². The van der Waals surface area contributed by atoms with Gasteiger partial charge in [0, 0.05) is 6.92 Å². The standard InChI is InChI=1S/C9H13F3N2O6S/c1-5(15)14-6(8(17)18)2-21(19,20)3-7(16)13-4-9(10,11)12/h6H,2-4H2,1H3,(H,13,16)(H,14,15)(H,17,18)/t6-/m0/s1. The highest BCUT2D eigenvalue weighted by molar-refractivity contribution is 7.92. The Labute approximate surface area is 117 Å². The van der Waals surface area contributed by atoms with Crippen LogP contribution in [0.3, 0.4) is 0 Å². The Morgan fingerprint density at radius 1 is 1.24 bits per heavy atom. The molecule has 0 aromatic rings. The number of carbonyl (C=O) groups is 3. The van der Waals surface area contributed by atoms with E-state index in [-0.39, 0.29) is 0 Å². The molecule has 122 valence electrons. The molecule has 0 rings (SSSR count). The summed E-state index contributed by atoms with van der Waals surface area (Å²) < 4.78 is 58.5. The highest BCUT2D eigenvalue weighted by Gasteiger charge is 2.30. The van der Waals surface area contributed by atoms with Gasteiger partial charge in [0.05, 0.1) is 5.75 Å². The topological polar surface area (TPSA) is 130 Å². The third-order valence-corrected chi connectivity index (χ3v) is 3.48. The molecule has 1 atom stereocenters. The molecular formula is C9H13F3N2O6S. The predicted octanol–water partition coefficient (Wildman–Crippen LogP) is -1.33. The number of rotatable bonds is 7. The van der Waals surface area contributed by atoms with Crippen molar-refractivity contribution in [1.29, 1.82) is 0 Å². The fraction of sp³-hybridized carbons (Fsp3) is 0.667. The normalized spacial score (nSPS) is 13.3. The number of carboxylic acid groups (broad SMARTS) is 1. The molecule has 8 nitrogen and oxygen atoms in total. The van der Waals surface area contributed by atoms with Crippen LogP contribution in [0.25, 0.3) is 0 Å². The van der Waals surface area contributed by atoms with Gasteiger partial charge >= 0.3 is 12.1 Å². The van der Waals surface area contributed by atoms with Gasteiger partial charge in [0.1, 0.15) is 18.3 Å². The van der Waals surface area contributed by atoms with Crippen molar-refractivity contribution < 1.29 is 41.1 Å². The second-order valence-corrected chi connectivity index (χ2v) is 6.15. The summed E-state index contributed by atoms with van der Waals surface area (Å²) in [6, 6.07) is -1.79. The van der Waals surface area contributed by atoms with E-state index in [9.17, 15) is 36.0 Å². The monoisotopic (exact) mass is 334 g/mol. The van der Waals surface area contributed by atoms with Crippen LogP contribution in [0.1, 0.15) is 6.92 Å². The lowest BCUT2D eigenvalue weighted by Gasteiger charge is -2.13. The molecule has 0 fully saturated rings. The number of amides is 2. The van der Waals surface area contributed by atoms with Gasteiger partial charge in [-0.2, -0.15) is 13.2 Å². The van der Waals surface area contributed by atoms with E-state index in [4.69, 9.17) is 5.11 Å². The van der Waals surface area contributed by atoms with E-state index in [1.54, 1.807) is 0 Å². The van der Waals surface area contributed by atoms with Gasteiger partial charge in [0.25, 0.3) is 0 Å². The molecule has 0 radical (unpaired) electrons. The SMILES string of the molecule is CC(=O)N[C@@H](CS(=O)(=O)CC(=O)NCC(F)(F)F)C(=O)O. The van der Waals surface area contributed by atoms with Crippen LogP contribution in [0.4, 0.5) is 13.2 Å². The second-order valence-electron chi connectivity index (χ2n) is 4.04. The zero-order valence-corrected chi connectivity index (χ0v) is 11.5. The molecule has 2 amide bonds. The first-order valence-electron chi connectivity index (χ1n) is 5.36. The molecule has 0 aliphatic carbocycles. The summed E-state index contributed by atoms with van der Waals surface area (Å²) in [6.45, 7) is -0.742. The van der Waals surface area contributed by atoms with Crippen molar-refractivity contribution in [3.8, 4) is 0 Å². The molecule has 0 spiro atoms. The van der Waals surface area contributed by atoms with Crippen molar-refractivity contribution >= 4 is 27.6 Å². The predicted molar refractivity (Wildman–Crippen MR) is 63.0 cm³/mol. The lowest BCUT2D eigenvalue weighted by Crippen LogP contribution is -2.46. The summed E-state index contributed by atoms with van der Waals surface area (Å²) in [7, 11) is -4.31. The van der Waals surface area contributed by atoms with E-state index in [1.165, 1.54) is 5.32 Å². The molecule has 0 aliphatic heterocycles. The summed E-state index contributed by atoms with van der Waals surface area (Å²) in [5, 5.41) is 11.9. The summed E-state index contributed by atoms with van der Waals surface area (Å²) in [4.78, 5) is 32.5. The van der Waals surface area contributed by atoms with Crippen molar-refractivity contribution in [2.75, 3.05) is 18.1 Å². The Hall–Kier alpha value is -1.85. The lowest BCUT2D eigenvalue weighted by molar-refractivity contribution is -0.140. The Kier molecular flexibility index (Phi) is 6.60. The van der Waals surface area contributed by atoms with Crippen LogP contribution in [-0.2, 0) is 24.2 Å².